The van der Waals surface area contributed by atoms with Crippen LogP contribution in [0.3, 0.4) is 0 Å². The van der Waals surface area contributed by atoms with Gasteiger partial charge in [-0.3, -0.25) is 0 Å². The Kier molecular flexibility index (Phi) is 6.16. The number of piperidine rings is 3. The maximum absolute atomic E-state index is 15.1. The van der Waals surface area contributed by atoms with Crippen molar-refractivity contribution in [3.8, 4) is 22.6 Å². The van der Waals surface area contributed by atoms with Crippen molar-refractivity contribution in [3.05, 3.63) is 47.3 Å². The van der Waals surface area contributed by atoms with Gasteiger partial charge in [-0.1, -0.05) is 13.8 Å². The molecule has 3 aliphatic heterocycles. The average molecular weight is 482 g/mol. The van der Waals surface area contributed by atoms with Gasteiger partial charge in [0.2, 0.25) is 0 Å². The van der Waals surface area contributed by atoms with E-state index in [0.717, 1.165) is 43.6 Å². The zero-order valence-electron chi connectivity index (χ0n) is 21.0. The van der Waals surface area contributed by atoms with Gasteiger partial charge in [0.1, 0.15) is 23.4 Å². The van der Waals surface area contributed by atoms with Gasteiger partial charge >= 0.3 is 0 Å². The summed E-state index contributed by atoms with van der Waals surface area (Å²) >= 11 is 0. The highest BCUT2D eigenvalue weighted by atomic mass is 19.1. The summed E-state index contributed by atoms with van der Waals surface area (Å²) in [6.07, 6.45) is 1.62. The molecule has 188 valence electrons. The first kappa shape index (κ1) is 23.9. The van der Waals surface area contributed by atoms with Gasteiger partial charge in [-0.05, 0) is 86.0 Å². The van der Waals surface area contributed by atoms with Crippen molar-refractivity contribution < 1.29 is 23.8 Å². The predicted octanol–water partition coefficient (Wildman–Crippen LogP) is 4.26. The van der Waals surface area contributed by atoms with E-state index in [4.69, 9.17) is 9.47 Å². The number of methoxy groups -OCH3 is 1. The van der Waals surface area contributed by atoms with E-state index in [1.807, 2.05) is 19.1 Å². The second-order valence-corrected chi connectivity index (χ2v) is 10.8. The summed E-state index contributed by atoms with van der Waals surface area (Å²) in [5, 5.41) is 12.7. The molecule has 0 spiro atoms. The molecule has 3 fully saturated rings. The molecule has 1 aliphatic carbocycles. The van der Waals surface area contributed by atoms with Crippen LogP contribution in [0.4, 0.5) is 9.18 Å². The highest BCUT2D eigenvalue weighted by Gasteiger charge is 2.48. The summed E-state index contributed by atoms with van der Waals surface area (Å²) in [6.45, 7) is 9.38. The largest absolute Gasteiger partial charge is 0.530 e. The summed E-state index contributed by atoms with van der Waals surface area (Å²) in [5.74, 6) is 0.985. The normalized spacial score (nSPS) is 26.3. The number of carbonyl (C=O) groups excluding carboxylic acids is 1. The number of halogens is 1. The van der Waals surface area contributed by atoms with E-state index in [-0.39, 0.29) is 23.3 Å². The fraction of sp³-hybridized carbons (Fsp3) is 0.536. The lowest BCUT2D eigenvalue weighted by Crippen LogP contribution is -2.62. The summed E-state index contributed by atoms with van der Waals surface area (Å²) in [6, 6.07) is 8.31. The Balaban J connectivity index is 1.60. The molecular formula is C28H34FN2O4-. The zero-order valence-corrected chi connectivity index (χ0v) is 21.0. The molecule has 2 aromatic rings. The molecule has 6 nitrogen and oxygen atoms in total. The van der Waals surface area contributed by atoms with Crippen LogP contribution < -0.4 is 14.6 Å². The van der Waals surface area contributed by atoms with E-state index in [0.29, 0.717) is 41.6 Å². The molecule has 0 N–H and O–H groups in total. The van der Waals surface area contributed by atoms with Gasteiger partial charge in [-0.15, -0.1) is 0 Å². The predicted molar refractivity (Wildman–Crippen MR) is 130 cm³/mol. The fourth-order valence-corrected chi connectivity index (χ4v) is 6.59. The smallest absolute Gasteiger partial charge is 0.137 e. The number of hydrogen-bond donors (Lipinski definition) is 0. The lowest BCUT2D eigenvalue weighted by molar-refractivity contribution is -0.276. The number of fused-ring (bicyclic) bond motifs is 4. The van der Waals surface area contributed by atoms with Gasteiger partial charge in [-0.25, -0.2) is 4.39 Å². The third-order valence-corrected chi connectivity index (χ3v) is 8.16. The number of carbonyl (C=O) groups is 1. The number of nitrogens with zero attached hydrogens (tertiary/aromatic N) is 2. The van der Waals surface area contributed by atoms with Gasteiger partial charge in [0.25, 0.3) is 0 Å². The van der Waals surface area contributed by atoms with Crippen LogP contribution in [0.2, 0.25) is 0 Å². The summed E-state index contributed by atoms with van der Waals surface area (Å²) in [4.78, 5) is 16.7. The second-order valence-electron chi connectivity index (χ2n) is 10.8. The number of benzene rings is 2. The lowest BCUT2D eigenvalue weighted by atomic mass is 9.79. The number of hydrogen-bond acceptors (Lipinski definition) is 5. The maximum atomic E-state index is 15.1. The standard InChI is InChI=1S/C28H35FN2O4/c1-5-35-25-14-21-18(12-22(25)20-7-6-19(34-4)13-23(20)29)15-28(2,3)26(21)31(27(32)33)24-16-30-10-8-17(24)9-11-30/h6-7,12-14,17,24,26H,5,8-11,15-16H2,1-4H3,(H,32,33)/p-1/t24-,26+/m1/s1. The minimum atomic E-state index is -1.11. The van der Waals surface area contributed by atoms with Crippen molar-refractivity contribution in [2.24, 2.45) is 11.3 Å². The fourth-order valence-electron chi connectivity index (χ4n) is 6.59. The van der Waals surface area contributed by atoms with Crippen molar-refractivity contribution >= 4 is 6.09 Å². The number of carboxylic acid groups (broad SMARTS) is 1. The first-order valence-electron chi connectivity index (χ1n) is 12.6. The Morgan fingerprint density at radius 1 is 1.20 bits per heavy atom. The number of amides is 1. The third kappa shape index (κ3) is 4.14. The van der Waals surface area contributed by atoms with Crippen LogP contribution in [-0.4, -0.2) is 55.3 Å². The van der Waals surface area contributed by atoms with Crippen LogP contribution in [0.15, 0.2) is 30.3 Å². The van der Waals surface area contributed by atoms with Gasteiger partial charge in [0, 0.05) is 29.8 Å². The summed E-state index contributed by atoms with van der Waals surface area (Å²) in [5.41, 5.74) is 2.74. The topological polar surface area (TPSA) is 65.1 Å². The molecule has 2 aromatic carbocycles. The number of ether oxygens (including phenoxy) is 2. The Bertz CT molecular complexity index is 1130. The molecule has 7 heteroatoms. The molecular weight excluding hydrogens is 447 g/mol. The molecule has 3 saturated heterocycles. The van der Waals surface area contributed by atoms with Crippen LogP contribution in [0.5, 0.6) is 11.5 Å². The molecule has 0 aromatic heterocycles. The van der Waals surface area contributed by atoms with Crippen LogP contribution in [0.25, 0.3) is 11.1 Å². The van der Waals surface area contributed by atoms with Crippen molar-refractivity contribution in [1.29, 1.82) is 0 Å². The zero-order chi connectivity index (χ0) is 24.9. The summed E-state index contributed by atoms with van der Waals surface area (Å²) in [7, 11) is 1.51. The number of rotatable bonds is 6. The Morgan fingerprint density at radius 2 is 1.94 bits per heavy atom. The van der Waals surface area contributed by atoms with Crippen molar-refractivity contribution in [3.63, 3.8) is 0 Å². The molecule has 4 aliphatic rings. The molecule has 1 amide bonds. The first-order chi connectivity index (χ1) is 16.7. The molecule has 2 atom stereocenters. The van der Waals surface area contributed by atoms with Crippen LogP contribution in [0, 0.1) is 17.2 Å². The molecule has 0 radical (unpaired) electrons. The van der Waals surface area contributed by atoms with Crippen molar-refractivity contribution in [2.45, 2.75) is 52.1 Å². The Labute approximate surface area is 206 Å². The van der Waals surface area contributed by atoms with Gasteiger partial charge in [0.05, 0.1) is 19.8 Å². The lowest BCUT2D eigenvalue weighted by Gasteiger charge is -2.53. The van der Waals surface area contributed by atoms with Crippen molar-refractivity contribution in [2.75, 3.05) is 33.4 Å². The maximum Gasteiger partial charge on any atom is 0.137 e. The van der Waals surface area contributed by atoms with E-state index in [1.165, 1.54) is 13.2 Å². The van der Waals surface area contributed by atoms with Gasteiger partial charge in [0.15, 0.2) is 0 Å². The van der Waals surface area contributed by atoms with Crippen LogP contribution in [0.1, 0.15) is 50.8 Å². The van der Waals surface area contributed by atoms with E-state index in [2.05, 4.69) is 18.7 Å². The SMILES string of the molecule is CCOc1cc2c(cc1-c1ccc(OC)cc1F)CC(C)(C)[C@H]2N(C(=O)[O-])[C@@H]1CN2CCC1CC2. The molecule has 0 unspecified atom stereocenters. The molecule has 3 heterocycles. The van der Waals surface area contributed by atoms with E-state index in [1.54, 1.807) is 17.0 Å². The Morgan fingerprint density at radius 3 is 2.51 bits per heavy atom. The van der Waals surface area contributed by atoms with Crippen LogP contribution >= 0.6 is 0 Å². The van der Waals surface area contributed by atoms with Crippen LogP contribution in [-0.2, 0) is 6.42 Å². The minimum Gasteiger partial charge on any atom is -0.530 e. The summed E-state index contributed by atoms with van der Waals surface area (Å²) < 4.78 is 26.2. The minimum absolute atomic E-state index is 0.0769. The second kappa shape index (κ2) is 9.01. The average Bonchev–Trinajstić information content (AvgIpc) is 3.09. The Hall–Kier alpha value is -2.80. The quantitative estimate of drug-likeness (QED) is 0.617. The third-order valence-electron chi connectivity index (χ3n) is 8.16. The van der Waals surface area contributed by atoms with Crippen molar-refractivity contribution in [1.82, 2.24) is 9.80 Å². The van der Waals surface area contributed by atoms with Gasteiger partial charge in [-0.2, -0.15) is 0 Å². The molecule has 6 rings (SSSR count). The monoisotopic (exact) mass is 481 g/mol. The first-order valence-corrected chi connectivity index (χ1v) is 12.6. The van der Waals surface area contributed by atoms with E-state index in [9.17, 15) is 9.90 Å². The highest BCUT2D eigenvalue weighted by molar-refractivity contribution is 5.74. The van der Waals surface area contributed by atoms with E-state index >= 15 is 4.39 Å². The molecule has 35 heavy (non-hydrogen) atoms. The van der Waals surface area contributed by atoms with Gasteiger partial charge < -0.3 is 29.2 Å². The highest BCUT2D eigenvalue weighted by Crippen LogP contribution is 2.53. The molecule has 0 saturated carbocycles. The van der Waals surface area contributed by atoms with E-state index < -0.39 is 6.09 Å². The molecule has 2 bridgehead atoms.